The van der Waals surface area contributed by atoms with E-state index in [1.807, 2.05) is 0 Å². The normalized spacial score (nSPS) is 14.4. The van der Waals surface area contributed by atoms with Crippen molar-refractivity contribution in [2.24, 2.45) is 0 Å². The average Bonchev–Trinajstić information content (AvgIpc) is 2.69. The summed E-state index contributed by atoms with van der Waals surface area (Å²) in [4.78, 5) is 0. The van der Waals surface area contributed by atoms with Crippen molar-refractivity contribution < 1.29 is 69.5 Å². The van der Waals surface area contributed by atoms with E-state index in [0.717, 1.165) is 6.42 Å². The Hall–Kier alpha value is 0.950. The van der Waals surface area contributed by atoms with E-state index in [4.69, 9.17) is 24.7 Å². The standard InChI is InChI=1S/C18H39O8P.Na.H/c1-2-3-4-5-6-7-8-9-10-11-13-23-14-12-15-24-27(22,26-21)25-17-18(20)16-19;;/h18-21H,2-17H2,1H3;;/q;+1;-1. The third kappa shape index (κ3) is 20.2. The maximum absolute atomic E-state index is 11.8. The van der Waals surface area contributed by atoms with Crippen LogP contribution in [0.2, 0.25) is 0 Å². The van der Waals surface area contributed by atoms with Crippen molar-refractivity contribution in [1.82, 2.24) is 0 Å². The molecule has 28 heavy (non-hydrogen) atoms. The molecule has 0 saturated carbocycles. The first-order valence-corrected chi connectivity index (χ1v) is 11.6. The van der Waals surface area contributed by atoms with E-state index in [-0.39, 0.29) is 37.6 Å². The predicted molar refractivity (Wildman–Crippen MR) is 105 cm³/mol. The Morgan fingerprint density at radius 3 is 1.93 bits per heavy atom. The molecule has 0 spiro atoms. The topological polar surface area (TPSA) is 115 Å². The van der Waals surface area contributed by atoms with E-state index in [2.05, 4.69) is 16.1 Å². The fourth-order valence-corrected chi connectivity index (χ4v) is 3.32. The molecule has 0 rings (SSSR count). The van der Waals surface area contributed by atoms with Crippen LogP contribution in [0.25, 0.3) is 0 Å². The Labute approximate surface area is 193 Å². The van der Waals surface area contributed by atoms with E-state index >= 15 is 0 Å². The van der Waals surface area contributed by atoms with Gasteiger partial charge >= 0.3 is 37.4 Å². The molecule has 166 valence electrons. The molecule has 0 saturated heterocycles. The monoisotopic (exact) mass is 438 g/mol. The summed E-state index contributed by atoms with van der Waals surface area (Å²) in [5.41, 5.74) is 0. The molecule has 0 heterocycles. The number of unbranched alkanes of at least 4 members (excludes halogenated alkanes) is 9. The van der Waals surface area contributed by atoms with E-state index in [9.17, 15) is 4.57 Å². The largest absolute Gasteiger partial charge is 1.00 e. The number of hydrogen-bond donors (Lipinski definition) is 3. The van der Waals surface area contributed by atoms with Gasteiger partial charge in [-0.3, -0.25) is 9.05 Å². The summed E-state index contributed by atoms with van der Waals surface area (Å²) in [7, 11) is -4.12. The number of aliphatic hydroxyl groups is 2. The van der Waals surface area contributed by atoms with Gasteiger partial charge in [-0.15, -0.1) is 4.67 Å². The average molecular weight is 438 g/mol. The van der Waals surface area contributed by atoms with Gasteiger partial charge in [0.1, 0.15) is 6.10 Å². The molecule has 0 aliphatic heterocycles. The third-order valence-electron chi connectivity index (χ3n) is 4.06. The number of ether oxygens (including phenoxy) is 1. The van der Waals surface area contributed by atoms with Gasteiger partial charge in [0, 0.05) is 13.2 Å². The summed E-state index contributed by atoms with van der Waals surface area (Å²) < 4.78 is 30.5. The molecule has 3 N–H and O–H groups in total. The van der Waals surface area contributed by atoms with Gasteiger partial charge in [0.25, 0.3) is 0 Å². The molecular formula is C18H40NaO8P. The molecular weight excluding hydrogens is 398 g/mol. The van der Waals surface area contributed by atoms with Gasteiger partial charge in [-0.2, -0.15) is 0 Å². The second-order valence-corrected chi connectivity index (χ2v) is 8.22. The van der Waals surface area contributed by atoms with Crippen LogP contribution in [0, 0.1) is 0 Å². The Bertz CT molecular complexity index is 369. The van der Waals surface area contributed by atoms with Crippen LogP contribution in [0.5, 0.6) is 0 Å². The molecule has 0 radical (unpaired) electrons. The van der Waals surface area contributed by atoms with Crippen LogP contribution < -0.4 is 29.6 Å². The summed E-state index contributed by atoms with van der Waals surface area (Å²) in [6, 6.07) is 0. The molecule has 0 amide bonds. The van der Waals surface area contributed by atoms with Gasteiger partial charge in [-0.1, -0.05) is 64.7 Å². The first-order chi connectivity index (χ1) is 13.1. The zero-order chi connectivity index (χ0) is 20.2. The first kappa shape index (κ1) is 31.1. The van der Waals surface area contributed by atoms with Gasteiger partial charge in [0.05, 0.1) is 19.8 Å². The summed E-state index contributed by atoms with van der Waals surface area (Å²) >= 11 is 0. The van der Waals surface area contributed by atoms with Gasteiger partial charge in [-0.25, -0.2) is 9.82 Å². The third-order valence-corrected chi connectivity index (χ3v) is 5.22. The molecule has 0 aromatic carbocycles. The molecule has 0 bridgehead atoms. The number of hydrogen-bond acceptors (Lipinski definition) is 8. The zero-order valence-corrected chi connectivity index (χ0v) is 20.6. The molecule has 0 fully saturated rings. The predicted octanol–water partition coefficient (Wildman–Crippen LogP) is 1.41. The molecule has 2 unspecified atom stereocenters. The van der Waals surface area contributed by atoms with Crippen LogP contribution in [-0.4, -0.2) is 54.6 Å². The van der Waals surface area contributed by atoms with E-state index in [1.165, 1.54) is 57.8 Å². The van der Waals surface area contributed by atoms with Gasteiger partial charge in [0.15, 0.2) is 0 Å². The maximum Gasteiger partial charge on any atom is 1.00 e. The van der Waals surface area contributed by atoms with Crippen molar-refractivity contribution in [2.45, 2.75) is 83.7 Å². The number of rotatable bonds is 21. The maximum atomic E-state index is 11.8. The molecule has 8 nitrogen and oxygen atoms in total. The van der Waals surface area contributed by atoms with Gasteiger partial charge < -0.3 is 16.4 Å². The summed E-state index contributed by atoms with van der Waals surface area (Å²) in [6.07, 6.45) is 12.0. The van der Waals surface area contributed by atoms with Gasteiger partial charge in [0.2, 0.25) is 0 Å². The van der Waals surface area contributed by atoms with Crippen LogP contribution in [0.4, 0.5) is 0 Å². The van der Waals surface area contributed by atoms with Crippen molar-refractivity contribution in [3.8, 4) is 0 Å². The number of phosphoric acid groups is 1. The minimum Gasteiger partial charge on any atom is -1.00 e. The minimum atomic E-state index is -4.12. The smallest absolute Gasteiger partial charge is 1.00 e. The van der Waals surface area contributed by atoms with E-state index < -0.39 is 27.1 Å². The second kappa shape index (κ2) is 22.6. The second-order valence-electron chi connectivity index (χ2n) is 6.64. The van der Waals surface area contributed by atoms with Crippen molar-refractivity contribution in [1.29, 1.82) is 0 Å². The van der Waals surface area contributed by atoms with Crippen molar-refractivity contribution in [3.63, 3.8) is 0 Å². The SMILES string of the molecule is CCCCCCCCCCCCOCCCOP(=O)(OO)OCC(O)CO.[H-].[Na+]. The molecule has 2 atom stereocenters. The minimum absolute atomic E-state index is 0. The van der Waals surface area contributed by atoms with Gasteiger partial charge in [-0.05, 0) is 12.8 Å². The molecule has 0 aromatic rings. The van der Waals surface area contributed by atoms with Crippen LogP contribution in [0.1, 0.15) is 79.0 Å². The van der Waals surface area contributed by atoms with Crippen LogP contribution >= 0.6 is 7.82 Å². The Kier molecular flexibility index (Phi) is 25.2. The fraction of sp³-hybridized carbons (Fsp3) is 1.00. The summed E-state index contributed by atoms with van der Waals surface area (Å²) in [5, 5.41) is 26.4. The Morgan fingerprint density at radius 2 is 1.39 bits per heavy atom. The summed E-state index contributed by atoms with van der Waals surface area (Å²) in [5.74, 6) is 0. The Balaban J connectivity index is -0.00000338. The number of phosphoric ester groups is 1. The quantitative estimate of drug-likeness (QED) is 0.0810. The van der Waals surface area contributed by atoms with Crippen LogP contribution in [0.15, 0.2) is 0 Å². The molecule has 0 aliphatic rings. The van der Waals surface area contributed by atoms with Crippen LogP contribution in [0.3, 0.4) is 0 Å². The van der Waals surface area contributed by atoms with E-state index in [1.54, 1.807) is 0 Å². The summed E-state index contributed by atoms with van der Waals surface area (Å²) in [6.45, 7) is 2.36. The fourth-order valence-electron chi connectivity index (χ4n) is 2.45. The van der Waals surface area contributed by atoms with Crippen LogP contribution in [-0.2, 0) is 23.0 Å². The van der Waals surface area contributed by atoms with Crippen molar-refractivity contribution >= 4 is 7.82 Å². The van der Waals surface area contributed by atoms with Crippen molar-refractivity contribution in [3.05, 3.63) is 0 Å². The molecule has 10 heteroatoms. The zero-order valence-electron chi connectivity index (χ0n) is 18.7. The Morgan fingerprint density at radius 1 is 0.857 bits per heavy atom. The van der Waals surface area contributed by atoms with E-state index in [0.29, 0.717) is 19.6 Å². The van der Waals surface area contributed by atoms with Crippen molar-refractivity contribution in [2.75, 3.05) is 33.0 Å². The number of aliphatic hydroxyl groups excluding tert-OH is 2. The first-order valence-electron chi connectivity index (χ1n) is 10.2. The molecule has 0 aliphatic carbocycles. The molecule has 0 aromatic heterocycles.